The molecule has 4 nitrogen and oxygen atoms in total. The van der Waals surface area contributed by atoms with Crippen molar-refractivity contribution in [1.29, 1.82) is 0 Å². The van der Waals surface area contributed by atoms with Crippen LogP contribution in [0.3, 0.4) is 0 Å². The standard InChI is InChI=1S/C20H33N3O/c1-5-17-10-8-9-13-23(17)20(24)15-21-19-12-11-18(14-16(19)4)22(6-2)7-3/h11-12,14,17,21H,5-10,13,15H2,1-4H3. The number of nitrogens with one attached hydrogen (secondary N) is 1. The predicted molar refractivity (Wildman–Crippen MR) is 103 cm³/mol. The van der Waals surface area contributed by atoms with Crippen molar-refractivity contribution in [2.75, 3.05) is 36.4 Å². The van der Waals surface area contributed by atoms with Gasteiger partial charge in [0.2, 0.25) is 5.91 Å². The van der Waals surface area contributed by atoms with Crippen LogP contribution in [0.2, 0.25) is 0 Å². The number of hydrogen-bond donors (Lipinski definition) is 1. The van der Waals surface area contributed by atoms with E-state index in [4.69, 9.17) is 0 Å². The summed E-state index contributed by atoms with van der Waals surface area (Å²) in [6.07, 6.45) is 4.60. The van der Waals surface area contributed by atoms with Crippen molar-refractivity contribution < 1.29 is 4.79 Å². The summed E-state index contributed by atoms with van der Waals surface area (Å²) < 4.78 is 0. The Bertz CT molecular complexity index is 540. The van der Waals surface area contributed by atoms with Gasteiger partial charge in [-0.3, -0.25) is 4.79 Å². The lowest BCUT2D eigenvalue weighted by molar-refractivity contribution is -0.133. The second kappa shape index (κ2) is 8.95. The van der Waals surface area contributed by atoms with Crippen molar-refractivity contribution in [3.8, 4) is 0 Å². The molecule has 0 aromatic heterocycles. The first-order valence-corrected chi connectivity index (χ1v) is 9.49. The number of carbonyl (C=O) groups excluding carboxylic acids is 1. The largest absolute Gasteiger partial charge is 0.376 e. The lowest BCUT2D eigenvalue weighted by Crippen LogP contribution is -2.45. The number of anilines is 2. The van der Waals surface area contributed by atoms with Crippen LogP contribution < -0.4 is 10.2 Å². The smallest absolute Gasteiger partial charge is 0.242 e. The Morgan fingerprint density at radius 1 is 1.25 bits per heavy atom. The molecule has 134 valence electrons. The van der Waals surface area contributed by atoms with Crippen molar-refractivity contribution in [3.05, 3.63) is 23.8 Å². The molecule has 1 aliphatic heterocycles. The van der Waals surface area contributed by atoms with Gasteiger partial charge in [-0.25, -0.2) is 0 Å². The SMILES string of the molecule is CCC1CCCCN1C(=O)CNc1ccc(N(CC)CC)cc1C. The number of benzene rings is 1. The monoisotopic (exact) mass is 331 g/mol. The Labute approximate surface area is 147 Å². The molecule has 0 radical (unpaired) electrons. The second-order valence-corrected chi connectivity index (χ2v) is 6.67. The predicted octanol–water partition coefficient (Wildman–Crippen LogP) is 4.04. The first kappa shape index (κ1) is 18.6. The molecule has 1 aliphatic rings. The van der Waals surface area contributed by atoms with E-state index in [1.807, 2.05) is 0 Å². The zero-order valence-corrected chi connectivity index (χ0v) is 15.8. The average molecular weight is 332 g/mol. The Hall–Kier alpha value is -1.71. The van der Waals surface area contributed by atoms with Gasteiger partial charge in [0.25, 0.3) is 0 Å². The third kappa shape index (κ3) is 4.43. The van der Waals surface area contributed by atoms with Gasteiger partial charge in [0.05, 0.1) is 6.54 Å². The fraction of sp³-hybridized carbons (Fsp3) is 0.650. The molecule has 1 atom stereocenters. The molecular formula is C20H33N3O. The highest BCUT2D eigenvalue weighted by Gasteiger charge is 2.24. The van der Waals surface area contributed by atoms with Crippen LogP contribution in [0.15, 0.2) is 18.2 Å². The molecule has 1 amide bonds. The Morgan fingerprint density at radius 3 is 2.62 bits per heavy atom. The fourth-order valence-corrected chi connectivity index (χ4v) is 3.66. The van der Waals surface area contributed by atoms with Crippen LogP contribution in [0, 0.1) is 6.92 Å². The van der Waals surface area contributed by atoms with Crippen molar-refractivity contribution >= 4 is 17.3 Å². The average Bonchev–Trinajstić information content (AvgIpc) is 2.61. The number of amides is 1. The van der Waals surface area contributed by atoms with E-state index in [1.54, 1.807) is 0 Å². The highest BCUT2D eigenvalue weighted by molar-refractivity contribution is 5.81. The fourth-order valence-electron chi connectivity index (χ4n) is 3.66. The van der Waals surface area contributed by atoms with E-state index in [0.29, 0.717) is 12.6 Å². The van der Waals surface area contributed by atoms with Gasteiger partial charge in [-0.2, -0.15) is 0 Å². The van der Waals surface area contributed by atoms with Crippen LogP contribution in [0.1, 0.15) is 52.0 Å². The minimum atomic E-state index is 0.230. The number of aryl methyl sites for hydroxylation is 1. The van der Waals surface area contributed by atoms with Gasteiger partial charge < -0.3 is 15.1 Å². The van der Waals surface area contributed by atoms with Gasteiger partial charge in [0, 0.05) is 37.1 Å². The van der Waals surface area contributed by atoms with Gasteiger partial charge >= 0.3 is 0 Å². The van der Waals surface area contributed by atoms with Crippen LogP contribution >= 0.6 is 0 Å². The van der Waals surface area contributed by atoms with Gasteiger partial charge in [-0.05, 0) is 70.2 Å². The van der Waals surface area contributed by atoms with Gasteiger partial charge in [0.15, 0.2) is 0 Å². The molecule has 1 saturated heterocycles. The molecule has 0 spiro atoms. The summed E-state index contributed by atoms with van der Waals surface area (Å²) in [5, 5.41) is 3.35. The maximum absolute atomic E-state index is 12.6. The lowest BCUT2D eigenvalue weighted by Gasteiger charge is -2.35. The van der Waals surface area contributed by atoms with E-state index in [-0.39, 0.29) is 5.91 Å². The number of likely N-dealkylation sites (tertiary alicyclic amines) is 1. The first-order chi connectivity index (χ1) is 11.6. The number of hydrogen-bond acceptors (Lipinski definition) is 3. The molecule has 24 heavy (non-hydrogen) atoms. The Morgan fingerprint density at radius 2 is 2.00 bits per heavy atom. The summed E-state index contributed by atoms with van der Waals surface area (Å²) >= 11 is 0. The number of rotatable bonds is 7. The second-order valence-electron chi connectivity index (χ2n) is 6.67. The van der Waals surface area contributed by atoms with Crippen LogP contribution in [-0.2, 0) is 4.79 Å². The van der Waals surface area contributed by atoms with Crippen molar-refractivity contribution in [2.24, 2.45) is 0 Å². The number of nitrogens with zero attached hydrogens (tertiary/aromatic N) is 2. The summed E-state index contributed by atoms with van der Waals surface area (Å²) in [5.74, 6) is 0.230. The molecule has 0 bridgehead atoms. The molecule has 0 saturated carbocycles. The summed E-state index contributed by atoms with van der Waals surface area (Å²) in [6.45, 7) is 12.0. The van der Waals surface area contributed by atoms with Crippen LogP contribution in [0.5, 0.6) is 0 Å². The highest BCUT2D eigenvalue weighted by Crippen LogP contribution is 2.23. The van der Waals surface area contributed by atoms with Crippen LogP contribution in [-0.4, -0.2) is 43.0 Å². The molecule has 1 aromatic carbocycles. The molecule has 4 heteroatoms. The quantitative estimate of drug-likeness (QED) is 0.819. The Kier molecular flexibility index (Phi) is 6.95. The maximum atomic E-state index is 12.6. The molecule has 1 unspecified atom stereocenters. The number of carbonyl (C=O) groups is 1. The van der Waals surface area contributed by atoms with Crippen molar-refractivity contribution in [2.45, 2.75) is 59.4 Å². The third-order valence-corrected chi connectivity index (χ3v) is 5.19. The summed E-state index contributed by atoms with van der Waals surface area (Å²) in [7, 11) is 0. The van der Waals surface area contributed by atoms with Crippen molar-refractivity contribution in [1.82, 2.24) is 4.90 Å². The molecule has 1 heterocycles. The van der Waals surface area contributed by atoms with Gasteiger partial charge in [-0.1, -0.05) is 6.92 Å². The van der Waals surface area contributed by atoms with E-state index in [0.717, 1.165) is 44.6 Å². The van der Waals surface area contributed by atoms with Crippen LogP contribution in [0.4, 0.5) is 11.4 Å². The van der Waals surface area contributed by atoms with Crippen molar-refractivity contribution in [3.63, 3.8) is 0 Å². The minimum absolute atomic E-state index is 0.230. The zero-order chi connectivity index (χ0) is 17.5. The molecule has 2 rings (SSSR count). The third-order valence-electron chi connectivity index (χ3n) is 5.19. The topological polar surface area (TPSA) is 35.6 Å². The molecular weight excluding hydrogens is 298 g/mol. The van der Waals surface area contributed by atoms with E-state index in [2.05, 4.69) is 61.0 Å². The molecule has 1 fully saturated rings. The van der Waals surface area contributed by atoms with Gasteiger partial charge in [0.1, 0.15) is 0 Å². The van der Waals surface area contributed by atoms with Gasteiger partial charge in [-0.15, -0.1) is 0 Å². The first-order valence-electron chi connectivity index (χ1n) is 9.49. The van der Waals surface area contributed by atoms with E-state index >= 15 is 0 Å². The molecule has 0 aliphatic carbocycles. The molecule has 1 aromatic rings. The van der Waals surface area contributed by atoms with E-state index < -0.39 is 0 Å². The Balaban J connectivity index is 1.97. The summed E-state index contributed by atoms with van der Waals surface area (Å²) in [6, 6.07) is 6.88. The summed E-state index contributed by atoms with van der Waals surface area (Å²) in [4.78, 5) is 17.0. The lowest BCUT2D eigenvalue weighted by atomic mass is 10.00. The summed E-state index contributed by atoms with van der Waals surface area (Å²) in [5.41, 5.74) is 3.50. The number of piperidine rings is 1. The van der Waals surface area contributed by atoms with E-state index in [9.17, 15) is 4.79 Å². The van der Waals surface area contributed by atoms with E-state index in [1.165, 1.54) is 17.7 Å². The zero-order valence-electron chi connectivity index (χ0n) is 15.8. The minimum Gasteiger partial charge on any atom is -0.376 e. The molecule has 1 N–H and O–H groups in total. The van der Waals surface area contributed by atoms with Crippen LogP contribution in [0.25, 0.3) is 0 Å². The normalized spacial score (nSPS) is 17.7. The maximum Gasteiger partial charge on any atom is 0.242 e. The highest BCUT2D eigenvalue weighted by atomic mass is 16.2.